The Balaban J connectivity index is 1.57. The Kier molecular flexibility index (Phi) is 5.79. The number of β-lactam (4-membered cyclic amide) rings is 1. The summed E-state index contributed by atoms with van der Waals surface area (Å²) in [4.78, 5) is 14.5. The van der Waals surface area contributed by atoms with Gasteiger partial charge in [-0.15, -0.1) is 0 Å². The van der Waals surface area contributed by atoms with Crippen molar-refractivity contribution in [2.45, 2.75) is 25.3 Å². The van der Waals surface area contributed by atoms with Crippen molar-refractivity contribution in [2.75, 3.05) is 12.0 Å². The smallest absolute Gasteiger partial charge is 0.233 e. The second kappa shape index (κ2) is 8.66. The lowest BCUT2D eigenvalue weighted by Gasteiger charge is -2.47. The van der Waals surface area contributed by atoms with Crippen LogP contribution in [0.1, 0.15) is 30.0 Å². The van der Waals surface area contributed by atoms with Crippen molar-refractivity contribution in [1.29, 1.82) is 0 Å². The first-order chi connectivity index (χ1) is 14.6. The maximum Gasteiger partial charge on any atom is 0.233 e. The second-order valence-corrected chi connectivity index (χ2v) is 7.54. The molecule has 4 rings (SSSR count). The van der Waals surface area contributed by atoms with Crippen LogP contribution in [-0.4, -0.2) is 13.0 Å². The molecule has 154 valence electrons. The molecule has 1 heterocycles. The van der Waals surface area contributed by atoms with E-state index in [-0.39, 0.29) is 23.6 Å². The summed E-state index contributed by atoms with van der Waals surface area (Å²) >= 11 is 0. The molecule has 2 atom stereocenters. The summed E-state index contributed by atoms with van der Waals surface area (Å²) in [5.41, 5.74) is 2.40. The topological polar surface area (TPSA) is 29.5 Å². The average Bonchev–Trinajstić information content (AvgIpc) is 2.75. The van der Waals surface area contributed by atoms with Crippen LogP contribution in [0, 0.1) is 17.6 Å². The molecule has 0 spiro atoms. The van der Waals surface area contributed by atoms with Crippen LogP contribution < -0.4 is 9.64 Å². The SMILES string of the molecule is COc1ccc([C@@H]2[C@@H](CCCc3ccccc3)C(=O)N2c2cc(F)cc(F)c2)cc1. The molecule has 0 bridgehead atoms. The van der Waals surface area contributed by atoms with Crippen LogP contribution in [0.2, 0.25) is 0 Å². The van der Waals surface area contributed by atoms with E-state index in [1.54, 1.807) is 7.11 Å². The number of carbonyl (C=O) groups is 1. The molecule has 3 aromatic carbocycles. The number of rotatable bonds is 7. The zero-order valence-electron chi connectivity index (χ0n) is 16.7. The molecule has 0 saturated carbocycles. The maximum atomic E-state index is 13.8. The minimum Gasteiger partial charge on any atom is -0.497 e. The molecule has 1 amide bonds. The third-order valence-corrected chi connectivity index (χ3v) is 5.62. The highest BCUT2D eigenvalue weighted by atomic mass is 19.1. The minimum absolute atomic E-state index is 0.103. The van der Waals surface area contributed by atoms with E-state index in [0.717, 1.165) is 24.5 Å². The van der Waals surface area contributed by atoms with E-state index >= 15 is 0 Å². The van der Waals surface area contributed by atoms with Gasteiger partial charge in [-0.05, 0) is 54.7 Å². The molecule has 0 radical (unpaired) electrons. The van der Waals surface area contributed by atoms with E-state index in [4.69, 9.17) is 4.74 Å². The molecule has 0 N–H and O–H groups in total. The molecule has 5 heteroatoms. The Morgan fingerprint density at radius 3 is 2.23 bits per heavy atom. The van der Waals surface area contributed by atoms with Crippen molar-refractivity contribution >= 4 is 11.6 Å². The zero-order chi connectivity index (χ0) is 21.1. The Morgan fingerprint density at radius 2 is 1.60 bits per heavy atom. The average molecular weight is 407 g/mol. The Labute approximate surface area is 174 Å². The molecule has 1 aliphatic rings. The Morgan fingerprint density at radius 1 is 0.933 bits per heavy atom. The van der Waals surface area contributed by atoms with Crippen molar-refractivity contribution in [3.63, 3.8) is 0 Å². The third-order valence-electron chi connectivity index (χ3n) is 5.62. The van der Waals surface area contributed by atoms with Crippen molar-refractivity contribution in [3.8, 4) is 5.75 Å². The standard InChI is InChI=1S/C25H23F2NO2/c1-30-22-12-10-18(11-13-22)24-23(9-5-8-17-6-3-2-4-7-17)25(29)28(24)21-15-19(26)14-20(27)16-21/h2-4,6-7,10-16,23-24H,5,8-9H2,1H3/t23-,24-/m1/s1. The van der Waals surface area contributed by atoms with Crippen LogP contribution in [0.15, 0.2) is 72.8 Å². The molecule has 1 saturated heterocycles. The van der Waals surface area contributed by atoms with Crippen LogP contribution in [0.5, 0.6) is 5.75 Å². The number of halogens is 2. The highest BCUT2D eigenvalue weighted by Gasteiger charge is 2.48. The van der Waals surface area contributed by atoms with Gasteiger partial charge in [0.25, 0.3) is 0 Å². The Bertz CT molecular complexity index is 1000. The summed E-state index contributed by atoms with van der Waals surface area (Å²) in [6.45, 7) is 0. The van der Waals surface area contributed by atoms with Crippen LogP contribution in [0.4, 0.5) is 14.5 Å². The maximum absolute atomic E-state index is 13.8. The number of benzene rings is 3. The second-order valence-electron chi connectivity index (χ2n) is 7.54. The molecule has 0 aromatic heterocycles. The van der Waals surface area contributed by atoms with Gasteiger partial charge in [-0.25, -0.2) is 8.78 Å². The quantitative estimate of drug-likeness (QED) is 0.470. The van der Waals surface area contributed by atoms with Gasteiger partial charge in [0.1, 0.15) is 17.4 Å². The van der Waals surface area contributed by atoms with Crippen LogP contribution >= 0.6 is 0 Å². The fraction of sp³-hybridized carbons (Fsp3) is 0.240. The van der Waals surface area contributed by atoms with Crippen molar-refractivity contribution in [2.24, 2.45) is 5.92 Å². The summed E-state index contributed by atoms with van der Waals surface area (Å²) in [5.74, 6) is -1.01. The van der Waals surface area contributed by atoms with Crippen molar-refractivity contribution < 1.29 is 18.3 Å². The molecule has 1 fully saturated rings. The van der Waals surface area contributed by atoms with Crippen molar-refractivity contribution in [1.82, 2.24) is 0 Å². The number of anilines is 1. The first-order valence-corrected chi connectivity index (χ1v) is 10.0. The number of amides is 1. The molecule has 3 aromatic rings. The fourth-order valence-corrected chi connectivity index (χ4v) is 4.15. The zero-order valence-corrected chi connectivity index (χ0v) is 16.7. The molecule has 0 unspecified atom stereocenters. The molecular weight excluding hydrogens is 384 g/mol. The lowest BCUT2D eigenvalue weighted by molar-refractivity contribution is -0.130. The van der Waals surface area contributed by atoms with Crippen molar-refractivity contribution in [3.05, 3.63) is 95.6 Å². The normalized spacial score (nSPS) is 18.2. The van der Waals surface area contributed by atoms with Gasteiger partial charge in [0.2, 0.25) is 5.91 Å². The minimum atomic E-state index is -0.696. The van der Waals surface area contributed by atoms with E-state index in [1.807, 2.05) is 42.5 Å². The van der Waals surface area contributed by atoms with Gasteiger partial charge in [0.15, 0.2) is 0 Å². The highest BCUT2D eigenvalue weighted by molar-refractivity contribution is 6.03. The summed E-state index contributed by atoms with van der Waals surface area (Å²) in [5, 5.41) is 0. The summed E-state index contributed by atoms with van der Waals surface area (Å²) in [7, 11) is 1.59. The number of hydrogen-bond acceptors (Lipinski definition) is 2. The monoisotopic (exact) mass is 407 g/mol. The number of ether oxygens (including phenoxy) is 1. The van der Waals surface area contributed by atoms with E-state index < -0.39 is 11.6 Å². The first-order valence-electron chi connectivity index (χ1n) is 10.0. The number of hydrogen-bond donors (Lipinski definition) is 0. The van der Waals surface area contributed by atoms with Gasteiger partial charge in [-0.3, -0.25) is 4.79 Å². The molecule has 3 nitrogen and oxygen atoms in total. The number of nitrogens with zero attached hydrogens (tertiary/aromatic N) is 1. The number of methoxy groups -OCH3 is 1. The van der Waals surface area contributed by atoms with Crippen LogP contribution in [-0.2, 0) is 11.2 Å². The van der Waals surface area contributed by atoms with E-state index in [1.165, 1.54) is 22.6 Å². The third kappa shape index (κ3) is 4.06. The van der Waals surface area contributed by atoms with E-state index in [9.17, 15) is 13.6 Å². The van der Waals surface area contributed by atoms with E-state index in [2.05, 4.69) is 12.1 Å². The first kappa shape index (κ1) is 20.1. The van der Waals surface area contributed by atoms with E-state index in [0.29, 0.717) is 12.2 Å². The van der Waals surface area contributed by atoms with Crippen LogP contribution in [0.25, 0.3) is 0 Å². The summed E-state index contributed by atoms with van der Waals surface area (Å²) < 4.78 is 32.8. The molecule has 1 aliphatic heterocycles. The lowest BCUT2D eigenvalue weighted by Crippen LogP contribution is -2.55. The van der Waals surface area contributed by atoms with Gasteiger partial charge in [-0.2, -0.15) is 0 Å². The van der Waals surface area contributed by atoms with Crippen LogP contribution in [0.3, 0.4) is 0 Å². The molecule has 30 heavy (non-hydrogen) atoms. The number of carbonyl (C=O) groups excluding carboxylic acids is 1. The predicted octanol–water partition coefficient (Wildman–Crippen LogP) is 5.70. The Hall–Kier alpha value is -3.21. The molecular formula is C25H23F2NO2. The predicted molar refractivity (Wildman–Crippen MR) is 112 cm³/mol. The lowest BCUT2D eigenvalue weighted by atomic mass is 9.78. The fourth-order valence-electron chi connectivity index (χ4n) is 4.15. The summed E-state index contributed by atoms with van der Waals surface area (Å²) in [6, 6.07) is 20.6. The van der Waals surface area contributed by atoms with Gasteiger partial charge < -0.3 is 9.64 Å². The van der Waals surface area contributed by atoms with Gasteiger partial charge in [0.05, 0.1) is 24.8 Å². The van der Waals surface area contributed by atoms with Gasteiger partial charge in [0, 0.05) is 6.07 Å². The highest BCUT2D eigenvalue weighted by Crippen LogP contribution is 2.46. The van der Waals surface area contributed by atoms with Gasteiger partial charge in [-0.1, -0.05) is 42.5 Å². The number of aryl methyl sites for hydroxylation is 1. The largest absolute Gasteiger partial charge is 0.497 e. The van der Waals surface area contributed by atoms with Gasteiger partial charge >= 0.3 is 0 Å². The molecule has 0 aliphatic carbocycles. The summed E-state index contributed by atoms with van der Waals surface area (Å²) in [6.07, 6.45) is 2.45.